The second-order valence-electron chi connectivity index (χ2n) is 4.19. The fourth-order valence-electron chi connectivity index (χ4n) is 1.67. The molecule has 0 fully saturated rings. The van der Waals surface area contributed by atoms with Gasteiger partial charge in [0.15, 0.2) is 5.17 Å². The Morgan fingerprint density at radius 3 is 2.86 bits per heavy atom. The molecule has 8 heteroatoms. The average molecular weight is 307 g/mol. The van der Waals surface area contributed by atoms with Crippen molar-refractivity contribution in [2.45, 2.75) is 13.3 Å². The maximum Gasteiger partial charge on any atom is 0.286 e. The minimum Gasteiger partial charge on any atom is -0.493 e. The molecule has 0 aliphatic carbocycles. The van der Waals surface area contributed by atoms with Crippen molar-refractivity contribution < 1.29 is 14.5 Å². The van der Waals surface area contributed by atoms with Crippen molar-refractivity contribution >= 4 is 34.6 Å². The molecule has 110 valence electrons. The Hall–Kier alpha value is -2.35. The molecule has 1 aromatic rings. The first-order chi connectivity index (χ1) is 10.0. The number of non-ortho nitro benzene ring substituents is 1. The number of carbonyl (C=O) groups is 1. The number of aliphatic imine (C=N–C) groups is 1. The number of nitro benzene ring substituents is 1. The maximum atomic E-state index is 11.6. The zero-order valence-electron chi connectivity index (χ0n) is 11.2. The van der Waals surface area contributed by atoms with Crippen LogP contribution in [0.25, 0.3) is 6.08 Å². The second-order valence-corrected chi connectivity index (χ2v) is 5.26. The average Bonchev–Trinajstić information content (AvgIpc) is 2.75. The lowest BCUT2D eigenvalue weighted by molar-refractivity contribution is -0.384. The van der Waals surface area contributed by atoms with E-state index in [0.29, 0.717) is 22.8 Å². The Balaban J connectivity index is 2.39. The van der Waals surface area contributed by atoms with Gasteiger partial charge in [0.25, 0.3) is 11.6 Å². The number of benzene rings is 1. The molecular weight excluding hydrogens is 294 g/mol. The van der Waals surface area contributed by atoms with Crippen molar-refractivity contribution in [3.05, 3.63) is 38.8 Å². The number of ether oxygens (including phenoxy) is 1. The highest BCUT2D eigenvalue weighted by molar-refractivity contribution is 8.18. The van der Waals surface area contributed by atoms with Gasteiger partial charge in [0, 0.05) is 17.7 Å². The lowest BCUT2D eigenvalue weighted by Crippen LogP contribution is -2.01. The van der Waals surface area contributed by atoms with Crippen molar-refractivity contribution in [2.24, 2.45) is 10.7 Å². The molecule has 1 heterocycles. The van der Waals surface area contributed by atoms with Crippen molar-refractivity contribution in [3.8, 4) is 5.75 Å². The number of nitrogens with zero attached hydrogens (tertiary/aromatic N) is 2. The van der Waals surface area contributed by atoms with Crippen LogP contribution >= 0.6 is 11.8 Å². The van der Waals surface area contributed by atoms with E-state index >= 15 is 0 Å². The summed E-state index contributed by atoms with van der Waals surface area (Å²) >= 11 is 1.03. The second kappa shape index (κ2) is 6.40. The molecule has 0 saturated carbocycles. The first kappa shape index (κ1) is 15.0. The van der Waals surface area contributed by atoms with Crippen LogP contribution in [0.4, 0.5) is 5.69 Å². The van der Waals surface area contributed by atoms with Crippen molar-refractivity contribution in [3.63, 3.8) is 0 Å². The number of nitro groups is 1. The SMILES string of the molecule is CCCOc1ccc([N+](=O)[O-])cc1/C=C1\SC(N)=NC1=O. The Morgan fingerprint density at radius 2 is 2.29 bits per heavy atom. The fourth-order valence-corrected chi connectivity index (χ4v) is 2.35. The molecule has 7 nitrogen and oxygen atoms in total. The van der Waals surface area contributed by atoms with E-state index in [-0.39, 0.29) is 10.9 Å². The highest BCUT2D eigenvalue weighted by atomic mass is 32.2. The summed E-state index contributed by atoms with van der Waals surface area (Å²) in [5.74, 6) is 0.0271. The molecule has 1 aromatic carbocycles. The number of amidine groups is 1. The van der Waals surface area contributed by atoms with E-state index in [1.54, 1.807) is 0 Å². The Morgan fingerprint density at radius 1 is 1.52 bits per heavy atom. The van der Waals surface area contributed by atoms with E-state index in [2.05, 4.69) is 4.99 Å². The number of carbonyl (C=O) groups excluding carboxylic acids is 1. The summed E-state index contributed by atoms with van der Waals surface area (Å²) in [6, 6.07) is 4.25. The molecule has 1 amide bonds. The fraction of sp³-hybridized carbons (Fsp3) is 0.231. The van der Waals surface area contributed by atoms with E-state index in [9.17, 15) is 14.9 Å². The van der Waals surface area contributed by atoms with Crippen LogP contribution < -0.4 is 10.5 Å². The zero-order chi connectivity index (χ0) is 15.4. The summed E-state index contributed by atoms with van der Waals surface area (Å²) in [5, 5.41) is 11.0. The maximum absolute atomic E-state index is 11.6. The van der Waals surface area contributed by atoms with Crippen LogP contribution in [0.3, 0.4) is 0 Å². The third-order valence-electron chi connectivity index (χ3n) is 2.59. The highest BCUT2D eigenvalue weighted by Crippen LogP contribution is 2.31. The molecule has 21 heavy (non-hydrogen) atoms. The van der Waals surface area contributed by atoms with Crippen LogP contribution in [0.15, 0.2) is 28.1 Å². The van der Waals surface area contributed by atoms with Crippen molar-refractivity contribution in [2.75, 3.05) is 6.61 Å². The van der Waals surface area contributed by atoms with Gasteiger partial charge in [0.2, 0.25) is 0 Å². The van der Waals surface area contributed by atoms with Gasteiger partial charge in [-0.2, -0.15) is 4.99 Å². The molecule has 2 rings (SSSR count). The van der Waals surface area contributed by atoms with Crippen LogP contribution in [0.1, 0.15) is 18.9 Å². The van der Waals surface area contributed by atoms with Crippen LogP contribution in [0, 0.1) is 10.1 Å². The predicted molar refractivity (Wildman–Crippen MR) is 81.1 cm³/mol. The van der Waals surface area contributed by atoms with Gasteiger partial charge in [0.1, 0.15) is 5.75 Å². The molecule has 0 radical (unpaired) electrons. The van der Waals surface area contributed by atoms with E-state index in [4.69, 9.17) is 10.5 Å². The molecule has 1 aliphatic rings. The minimum absolute atomic E-state index is 0.0740. The van der Waals surface area contributed by atoms with E-state index < -0.39 is 10.8 Å². The normalized spacial score (nSPS) is 16.1. The lowest BCUT2D eigenvalue weighted by atomic mass is 10.1. The van der Waals surface area contributed by atoms with Gasteiger partial charge >= 0.3 is 0 Å². The van der Waals surface area contributed by atoms with Gasteiger partial charge in [0.05, 0.1) is 16.4 Å². The first-order valence-corrected chi connectivity index (χ1v) is 7.02. The standard InChI is InChI=1S/C13H13N3O4S/c1-2-5-20-10-4-3-9(16(18)19)6-8(10)7-11-12(17)15-13(14)21-11/h3-4,6-7H,2,5H2,1H3,(H2,14,15,17)/b11-7-. The van der Waals surface area contributed by atoms with Crippen LogP contribution in [0.2, 0.25) is 0 Å². The smallest absolute Gasteiger partial charge is 0.286 e. The number of hydrogen-bond donors (Lipinski definition) is 1. The zero-order valence-corrected chi connectivity index (χ0v) is 12.1. The predicted octanol–water partition coefficient (Wildman–Crippen LogP) is 2.31. The van der Waals surface area contributed by atoms with Crippen LogP contribution in [-0.4, -0.2) is 22.6 Å². The van der Waals surface area contributed by atoms with Crippen molar-refractivity contribution in [1.29, 1.82) is 0 Å². The van der Waals surface area contributed by atoms with Gasteiger partial charge < -0.3 is 10.5 Å². The molecule has 0 atom stereocenters. The number of amides is 1. The van der Waals surface area contributed by atoms with E-state index in [1.165, 1.54) is 24.3 Å². The van der Waals surface area contributed by atoms with Gasteiger partial charge in [-0.25, -0.2) is 0 Å². The van der Waals surface area contributed by atoms with E-state index in [1.807, 2.05) is 6.92 Å². The molecular formula is C13H13N3O4S. The highest BCUT2D eigenvalue weighted by Gasteiger charge is 2.21. The van der Waals surface area contributed by atoms with Crippen LogP contribution in [-0.2, 0) is 4.79 Å². The first-order valence-electron chi connectivity index (χ1n) is 6.20. The quantitative estimate of drug-likeness (QED) is 0.508. The topological polar surface area (TPSA) is 108 Å². The molecule has 0 saturated heterocycles. The molecule has 0 unspecified atom stereocenters. The Kier molecular flexibility index (Phi) is 4.59. The summed E-state index contributed by atoms with van der Waals surface area (Å²) < 4.78 is 5.54. The molecule has 1 aliphatic heterocycles. The summed E-state index contributed by atoms with van der Waals surface area (Å²) in [4.78, 5) is 25.9. The van der Waals surface area contributed by atoms with Gasteiger partial charge in [-0.3, -0.25) is 14.9 Å². The molecule has 0 aromatic heterocycles. The Labute approximate surface area is 125 Å². The molecule has 0 spiro atoms. The number of thioether (sulfide) groups is 1. The molecule has 2 N–H and O–H groups in total. The number of rotatable bonds is 5. The van der Waals surface area contributed by atoms with Gasteiger partial charge in [-0.1, -0.05) is 6.92 Å². The van der Waals surface area contributed by atoms with E-state index in [0.717, 1.165) is 18.2 Å². The minimum atomic E-state index is -0.500. The van der Waals surface area contributed by atoms with Gasteiger partial charge in [-0.05, 0) is 30.3 Å². The third kappa shape index (κ3) is 3.60. The van der Waals surface area contributed by atoms with Gasteiger partial charge in [-0.15, -0.1) is 0 Å². The molecule has 0 bridgehead atoms. The lowest BCUT2D eigenvalue weighted by Gasteiger charge is -2.08. The monoisotopic (exact) mass is 307 g/mol. The summed E-state index contributed by atoms with van der Waals surface area (Å²) in [5.41, 5.74) is 5.86. The van der Waals surface area contributed by atoms with Crippen molar-refractivity contribution in [1.82, 2.24) is 0 Å². The Bertz CT molecular complexity index is 655. The van der Waals surface area contributed by atoms with Crippen LogP contribution in [0.5, 0.6) is 5.75 Å². The number of hydrogen-bond acceptors (Lipinski definition) is 6. The number of nitrogens with two attached hydrogens (primary N) is 1. The third-order valence-corrected chi connectivity index (χ3v) is 3.40. The largest absolute Gasteiger partial charge is 0.493 e. The summed E-state index contributed by atoms with van der Waals surface area (Å²) in [7, 11) is 0. The summed E-state index contributed by atoms with van der Waals surface area (Å²) in [6.45, 7) is 2.43. The summed E-state index contributed by atoms with van der Waals surface area (Å²) in [6.07, 6.45) is 2.31.